The van der Waals surface area contributed by atoms with Crippen LogP contribution < -0.4 is 10.9 Å². The second kappa shape index (κ2) is 8.32. The standard InChI is InChI=1S/C23H19N3O2S/c1-16-11-13-18(14-12-16)26-22(28)19-9-5-6-10-20(19)25-23(26)29-15-21(27)24-17-7-3-2-4-8-17/h2-14H,15H2,1H3,(H,24,27). The number of anilines is 1. The lowest BCUT2D eigenvalue weighted by molar-refractivity contribution is -0.113. The van der Waals surface area contributed by atoms with E-state index in [0.29, 0.717) is 16.1 Å². The number of hydrogen-bond acceptors (Lipinski definition) is 4. The van der Waals surface area contributed by atoms with Gasteiger partial charge in [-0.25, -0.2) is 4.98 Å². The molecule has 0 saturated heterocycles. The third-order valence-corrected chi connectivity index (χ3v) is 5.37. The number of nitrogens with one attached hydrogen (secondary N) is 1. The van der Waals surface area contributed by atoms with Crippen molar-refractivity contribution >= 4 is 34.3 Å². The van der Waals surface area contributed by atoms with Crippen molar-refractivity contribution in [2.45, 2.75) is 12.1 Å². The van der Waals surface area contributed by atoms with Gasteiger partial charge in [0.25, 0.3) is 5.56 Å². The molecule has 4 rings (SSSR count). The summed E-state index contributed by atoms with van der Waals surface area (Å²) in [5.74, 6) is -0.00926. The minimum Gasteiger partial charge on any atom is -0.325 e. The highest BCUT2D eigenvalue weighted by Gasteiger charge is 2.14. The van der Waals surface area contributed by atoms with Crippen LogP contribution in [0.5, 0.6) is 0 Å². The molecule has 0 bridgehead atoms. The van der Waals surface area contributed by atoms with Crippen molar-refractivity contribution in [3.8, 4) is 5.69 Å². The van der Waals surface area contributed by atoms with E-state index in [2.05, 4.69) is 10.3 Å². The van der Waals surface area contributed by atoms with Crippen molar-refractivity contribution in [2.24, 2.45) is 0 Å². The first-order valence-corrected chi connectivity index (χ1v) is 10.2. The Morgan fingerprint density at radius 1 is 0.966 bits per heavy atom. The lowest BCUT2D eigenvalue weighted by Crippen LogP contribution is -2.23. The Balaban J connectivity index is 1.68. The van der Waals surface area contributed by atoms with Crippen LogP contribution in [0.25, 0.3) is 16.6 Å². The molecule has 0 saturated carbocycles. The largest absolute Gasteiger partial charge is 0.325 e. The highest BCUT2D eigenvalue weighted by Crippen LogP contribution is 2.22. The quantitative estimate of drug-likeness (QED) is 0.397. The maximum atomic E-state index is 13.2. The number of amides is 1. The Morgan fingerprint density at radius 3 is 2.41 bits per heavy atom. The van der Waals surface area contributed by atoms with E-state index in [1.54, 1.807) is 10.6 Å². The predicted molar refractivity (Wildman–Crippen MR) is 118 cm³/mol. The van der Waals surface area contributed by atoms with Gasteiger partial charge in [-0.3, -0.25) is 14.2 Å². The number of hydrogen-bond donors (Lipinski definition) is 1. The van der Waals surface area contributed by atoms with Gasteiger partial charge in [-0.1, -0.05) is 59.8 Å². The number of thioether (sulfide) groups is 1. The number of benzene rings is 3. The molecule has 5 nitrogen and oxygen atoms in total. The minimum atomic E-state index is -0.154. The summed E-state index contributed by atoms with van der Waals surface area (Å²) in [6.07, 6.45) is 0. The van der Waals surface area contributed by atoms with Crippen molar-refractivity contribution in [1.82, 2.24) is 9.55 Å². The topological polar surface area (TPSA) is 64.0 Å². The van der Waals surface area contributed by atoms with Crippen molar-refractivity contribution in [1.29, 1.82) is 0 Å². The molecule has 0 unspecified atom stereocenters. The molecule has 3 aromatic carbocycles. The normalized spacial score (nSPS) is 10.8. The highest BCUT2D eigenvalue weighted by molar-refractivity contribution is 7.99. The van der Waals surface area contributed by atoms with E-state index in [4.69, 9.17) is 0 Å². The summed E-state index contributed by atoms with van der Waals surface area (Å²) in [6, 6.07) is 24.2. The van der Waals surface area contributed by atoms with Gasteiger partial charge < -0.3 is 5.32 Å². The Hall–Kier alpha value is -3.38. The van der Waals surface area contributed by atoms with Crippen LogP contribution in [0.3, 0.4) is 0 Å². The number of aryl methyl sites for hydroxylation is 1. The summed E-state index contributed by atoms with van der Waals surface area (Å²) >= 11 is 1.24. The van der Waals surface area contributed by atoms with Crippen LogP contribution in [0, 0.1) is 6.92 Å². The smallest absolute Gasteiger partial charge is 0.266 e. The zero-order valence-electron chi connectivity index (χ0n) is 15.8. The van der Waals surface area contributed by atoms with Crippen LogP contribution in [0.2, 0.25) is 0 Å². The fourth-order valence-corrected chi connectivity index (χ4v) is 3.79. The number of aromatic nitrogens is 2. The van der Waals surface area contributed by atoms with Crippen molar-refractivity contribution in [3.05, 3.63) is 94.8 Å². The first-order chi connectivity index (χ1) is 14.1. The van der Waals surface area contributed by atoms with Crippen LogP contribution in [0.1, 0.15) is 5.56 Å². The maximum Gasteiger partial charge on any atom is 0.266 e. The van der Waals surface area contributed by atoms with Gasteiger partial charge in [0, 0.05) is 5.69 Å². The molecule has 0 aliphatic carbocycles. The van der Waals surface area contributed by atoms with E-state index < -0.39 is 0 Å². The second-order valence-electron chi connectivity index (χ2n) is 6.59. The van der Waals surface area contributed by atoms with Gasteiger partial charge in [0.15, 0.2) is 5.16 Å². The summed E-state index contributed by atoms with van der Waals surface area (Å²) in [6.45, 7) is 1.99. The highest BCUT2D eigenvalue weighted by atomic mass is 32.2. The lowest BCUT2D eigenvalue weighted by Gasteiger charge is -2.13. The van der Waals surface area contributed by atoms with Crippen molar-refractivity contribution in [2.75, 3.05) is 11.1 Å². The van der Waals surface area contributed by atoms with Gasteiger partial charge >= 0.3 is 0 Å². The summed E-state index contributed by atoms with van der Waals surface area (Å²) in [7, 11) is 0. The molecule has 144 valence electrons. The minimum absolute atomic E-state index is 0.144. The molecule has 6 heteroatoms. The summed E-state index contributed by atoms with van der Waals surface area (Å²) in [5, 5.41) is 3.89. The summed E-state index contributed by atoms with van der Waals surface area (Å²) in [4.78, 5) is 30.2. The van der Waals surface area contributed by atoms with Crippen LogP contribution in [-0.4, -0.2) is 21.2 Å². The Bertz CT molecular complexity index is 1220. The van der Waals surface area contributed by atoms with Gasteiger partial charge in [0.1, 0.15) is 0 Å². The average molecular weight is 401 g/mol. The zero-order valence-corrected chi connectivity index (χ0v) is 16.6. The molecule has 0 aliphatic heterocycles. The van der Waals surface area contributed by atoms with Crippen molar-refractivity contribution in [3.63, 3.8) is 0 Å². The summed E-state index contributed by atoms with van der Waals surface area (Å²) < 4.78 is 1.57. The van der Waals surface area contributed by atoms with E-state index in [1.165, 1.54) is 11.8 Å². The zero-order chi connectivity index (χ0) is 20.2. The van der Waals surface area contributed by atoms with Gasteiger partial charge in [0.05, 0.1) is 22.3 Å². The molecule has 0 aliphatic rings. The number of nitrogens with zero attached hydrogens (tertiary/aromatic N) is 2. The second-order valence-corrected chi connectivity index (χ2v) is 7.53. The number of fused-ring (bicyclic) bond motifs is 1. The van der Waals surface area contributed by atoms with Crippen molar-refractivity contribution < 1.29 is 4.79 Å². The van der Waals surface area contributed by atoms with Gasteiger partial charge in [0.2, 0.25) is 5.91 Å². The van der Waals surface area contributed by atoms with E-state index in [0.717, 1.165) is 16.9 Å². The molecule has 1 N–H and O–H groups in total. The molecule has 0 radical (unpaired) electrons. The van der Waals surface area contributed by atoms with E-state index in [9.17, 15) is 9.59 Å². The van der Waals surface area contributed by atoms with Crippen LogP contribution >= 0.6 is 11.8 Å². The average Bonchev–Trinajstić information content (AvgIpc) is 2.74. The molecule has 29 heavy (non-hydrogen) atoms. The molecule has 1 amide bonds. The van der Waals surface area contributed by atoms with Gasteiger partial charge in [-0.2, -0.15) is 0 Å². The fourth-order valence-electron chi connectivity index (χ4n) is 2.98. The molecule has 0 spiro atoms. The Morgan fingerprint density at radius 2 is 1.66 bits per heavy atom. The van der Waals surface area contributed by atoms with E-state index >= 15 is 0 Å². The Kier molecular flexibility index (Phi) is 5.44. The number of carbonyl (C=O) groups is 1. The molecule has 1 heterocycles. The summed E-state index contributed by atoms with van der Waals surface area (Å²) in [5.41, 5.74) is 3.04. The number of rotatable bonds is 5. The molecule has 1 aromatic heterocycles. The van der Waals surface area contributed by atoms with Crippen LogP contribution in [0.4, 0.5) is 5.69 Å². The monoisotopic (exact) mass is 401 g/mol. The SMILES string of the molecule is Cc1ccc(-n2c(SCC(=O)Nc3ccccc3)nc3ccccc3c2=O)cc1. The fraction of sp³-hybridized carbons (Fsp3) is 0.0870. The third kappa shape index (κ3) is 4.22. The number of para-hydroxylation sites is 2. The number of carbonyl (C=O) groups excluding carboxylic acids is 1. The van der Waals surface area contributed by atoms with Gasteiger partial charge in [-0.05, 0) is 43.3 Å². The lowest BCUT2D eigenvalue weighted by atomic mass is 10.2. The molecular formula is C23H19N3O2S. The van der Waals surface area contributed by atoms with E-state index in [1.807, 2.05) is 79.7 Å². The van der Waals surface area contributed by atoms with Crippen LogP contribution in [-0.2, 0) is 4.79 Å². The molecule has 0 fully saturated rings. The van der Waals surface area contributed by atoms with E-state index in [-0.39, 0.29) is 17.2 Å². The molecule has 4 aromatic rings. The maximum absolute atomic E-state index is 13.2. The van der Waals surface area contributed by atoms with Gasteiger partial charge in [-0.15, -0.1) is 0 Å². The van der Waals surface area contributed by atoms with Crippen LogP contribution in [0.15, 0.2) is 88.8 Å². The Labute approximate surface area is 172 Å². The molecule has 0 atom stereocenters. The molecular weight excluding hydrogens is 382 g/mol. The first-order valence-electron chi connectivity index (χ1n) is 9.18. The predicted octanol–water partition coefficient (Wildman–Crippen LogP) is 4.42. The first kappa shape index (κ1) is 19.0. The third-order valence-electron chi connectivity index (χ3n) is 4.43.